The van der Waals surface area contributed by atoms with Crippen LogP contribution in [0, 0.1) is 6.92 Å². The molecular formula is C27H29N3O2S2. The smallest absolute Gasteiger partial charge is 0.266 e. The first-order valence-electron chi connectivity index (χ1n) is 11.6. The van der Waals surface area contributed by atoms with Crippen LogP contribution >= 0.6 is 24.0 Å². The van der Waals surface area contributed by atoms with Crippen LogP contribution in [0.25, 0.3) is 23.0 Å². The molecule has 1 aliphatic rings. The normalized spacial score (nSPS) is 14.9. The minimum absolute atomic E-state index is 0.0173. The van der Waals surface area contributed by atoms with Crippen LogP contribution in [0.4, 0.5) is 0 Å². The Morgan fingerprint density at radius 2 is 1.91 bits per heavy atom. The summed E-state index contributed by atoms with van der Waals surface area (Å²) in [5.74, 6) is 0.783. The maximum absolute atomic E-state index is 13.2. The lowest BCUT2D eigenvalue weighted by Crippen LogP contribution is -2.29. The molecule has 1 aromatic heterocycles. The van der Waals surface area contributed by atoms with E-state index in [4.69, 9.17) is 22.1 Å². The van der Waals surface area contributed by atoms with Gasteiger partial charge in [-0.05, 0) is 55.3 Å². The van der Waals surface area contributed by atoms with Crippen molar-refractivity contribution in [3.8, 4) is 22.7 Å². The second-order valence-corrected chi connectivity index (χ2v) is 9.96. The molecule has 1 saturated heterocycles. The van der Waals surface area contributed by atoms with Gasteiger partial charge in [0.15, 0.2) is 0 Å². The molecule has 176 valence electrons. The number of para-hydroxylation sites is 1. The Hall–Kier alpha value is -2.90. The number of aromatic nitrogens is 2. The number of ether oxygens (including phenoxy) is 1. The number of benzene rings is 2. The van der Waals surface area contributed by atoms with Crippen molar-refractivity contribution in [1.29, 1.82) is 0 Å². The lowest BCUT2D eigenvalue weighted by atomic mass is 10.0. The van der Waals surface area contributed by atoms with E-state index in [1.165, 1.54) is 18.2 Å². The minimum Gasteiger partial charge on any atom is -0.497 e. The zero-order valence-electron chi connectivity index (χ0n) is 19.8. The molecule has 0 saturated carbocycles. The molecule has 0 unspecified atom stereocenters. The lowest BCUT2D eigenvalue weighted by molar-refractivity contribution is -0.122. The second-order valence-electron chi connectivity index (χ2n) is 8.29. The molecule has 1 fully saturated rings. The van der Waals surface area contributed by atoms with E-state index in [0.29, 0.717) is 15.8 Å². The summed E-state index contributed by atoms with van der Waals surface area (Å²) in [5.41, 5.74) is 4.70. The molecule has 1 aliphatic heterocycles. The van der Waals surface area contributed by atoms with Crippen molar-refractivity contribution in [2.45, 2.75) is 39.5 Å². The topological polar surface area (TPSA) is 47.4 Å². The van der Waals surface area contributed by atoms with Gasteiger partial charge in [0.25, 0.3) is 5.91 Å². The van der Waals surface area contributed by atoms with Gasteiger partial charge >= 0.3 is 0 Å². The van der Waals surface area contributed by atoms with Crippen molar-refractivity contribution in [1.82, 2.24) is 14.7 Å². The van der Waals surface area contributed by atoms with Gasteiger partial charge in [-0.15, -0.1) is 0 Å². The maximum Gasteiger partial charge on any atom is 0.266 e. The average Bonchev–Trinajstić information content (AvgIpc) is 3.38. The van der Waals surface area contributed by atoms with Gasteiger partial charge in [-0.2, -0.15) is 5.10 Å². The summed E-state index contributed by atoms with van der Waals surface area (Å²) in [7, 11) is 1.66. The van der Waals surface area contributed by atoms with E-state index in [0.717, 1.165) is 53.1 Å². The molecule has 34 heavy (non-hydrogen) atoms. The van der Waals surface area contributed by atoms with Gasteiger partial charge in [-0.1, -0.05) is 68.4 Å². The summed E-state index contributed by atoms with van der Waals surface area (Å²) in [6, 6.07) is 15.9. The Balaban J connectivity index is 1.71. The second kappa shape index (κ2) is 11.0. The van der Waals surface area contributed by atoms with E-state index in [-0.39, 0.29) is 5.91 Å². The van der Waals surface area contributed by atoms with Crippen molar-refractivity contribution in [3.05, 3.63) is 70.8 Å². The van der Waals surface area contributed by atoms with E-state index < -0.39 is 0 Å². The molecule has 1 amide bonds. The van der Waals surface area contributed by atoms with Crippen LogP contribution in [0.1, 0.15) is 43.7 Å². The Kier molecular flexibility index (Phi) is 7.85. The number of unbranched alkanes of at least 4 members (excludes halogenated alkanes) is 3. The highest BCUT2D eigenvalue weighted by molar-refractivity contribution is 8.26. The van der Waals surface area contributed by atoms with E-state index in [2.05, 4.69) is 6.92 Å². The number of carbonyl (C=O) groups is 1. The van der Waals surface area contributed by atoms with Crippen molar-refractivity contribution in [2.24, 2.45) is 0 Å². The van der Waals surface area contributed by atoms with Crippen molar-refractivity contribution in [2.75, 3.05) is 13.7 Å². The van der Waals surface area contributed by atoms with Crippen LogP contribution in [0.5, 0.6) is 5.75 Å². The first kappa shape index (κ1) is 24.2. The number of nitrogens with zero attached hydrogens (tertiary/aromatic N) is 3. The molecule has 7 heteroatoms. The first-order valence-corrected chi connectivity index (χ1v) is 12.8. The van der Waals surface area contributed by atoms with Gasteiger partial charge in [0.1, 0.15) is 15.8 Å². The SMILES string of the molecule is CCCCCCN1C(=O)C(=Cc2cn(-c3ccccc3)nc2-c2ccc(OC)cc2C)SC1=S. The standard InChI is InChI=1S/C27H29N3O2S2/c1-4-5-6-10-15-29-26(31)24(34-27(29)33)17-20-18-30(21-11-8-7-9-12-21)28-25(20)23-14-13-22(32-3)16-19(23)2/h7-9,11-14,16-18H,4-6,10,15H2,1-3H3. The monoisotopic (exact) mass is 491 g/mol. The molecular weight excluding hydrogens is 462 g/mol. The Labute approximate surface area is 210 Å². The molecule has 3 aromatic rings. The third-order valence-electron chi connectivity index (χ3n) is 5.85. The summed E-state index contributed by atoms with van der Waals surface area (Å²) >= 11 is 6.91. The van der Waals surface area contributed by atoms with E-state index in [1.54, 1.807) is 12.0 Å². The zero-order valence-corrected chi connectivity index (χ0v) is 21.4. The summed E-state index contributed by atoms with van der Waals surface area (Å²) in [6.07, 6.45) is 8.32. The Morgan fingerprint density at radius 1 is 1.12 bits per heavy atom. The van der Waals surface area contributed by atoms with Crippen molar-refractivity contribution in [3.63, 3.8) is 0 Å². The number of methoxy groups -OCH3 is 1. The van der Waals surface area contributed by atoms with Crippen LogP contribution in [-0.4, -0.2) is 38.6 Å². The molecule has 0 atom stereocenters. The number of amides is 1. The summed E-state index contributed by atoms with van der Waals surface area (Å²) < 4.78 is 7.87. The fraction of sp³-hybridized carbons (Fsp3) is 0.296. The molecule has 0 N–H and O–H groups in total. The van der Waals surface area contributed by atoms with Crippen molar-refractivity contribution < 1.29 is 9.53 Å². The van der Waals surface area contributed by atoms with Gasteiger partial charge in [0.2, 0.25) is 0 Å². The third-order valence-corrected chi connectivity index (χ3v) is 7.23. The third kappa shape index (κ3) is 5.26. The maximum atomic E-state index is 13.2. The lowest BCUT2D eigenvalue weighted by Gasteiger charge is -2.13. The number of hydrogen-bond acceptors (Lipinski definition) is 5. The number of hydrogen-bond donors (Lipinski definition) is 0. The summed E-state index contributed by atoms with van der Waals surface area (Å²) in [6.45, 7) is 4.90. The molecule has 0 aliphatic carbocycles. The number of thioether (sulfide) groups is 1. The number of thiocarbonyl (C=S) groups is 1. The quantitative estimate of drug-likeness (QED) is 0.191. The van der Waals surface area contributed by atoms with Crippen LogP contribution in [0.2, 0.25) is 0 Å². The van der Waals surface area contributed by atoms with Crippen molar-refractivity contribution >= 4 is 40.3 Å². The molecule has 0 spiro atoms. The molecule has 0 radical (unpaired) electrons. The molecule has 2 aromatic carbocycles. The fourth-order valence-electron chi connectivity index (χ4n) is 3.97. The number of aryl methyl sites for hydroxylation is 1. The van der Waals surface area contributed by atoms with Gasteiger partial charge in [-0.25, -0.2) is 4.68 Å². The summed E-state index contributed by atoms with van der Waals surface area (Å²) in [4.78, 5) is 15.5. The highest BCUT2D eigenvalue weighted by atomic mass is 32.2. The van der Waals surface area contributed by atoms with Crippen LogP contribution in [0.15, 0.2) is 59.6 Å². The Bertz CT molecular complexity index is 1220. The predicted molar refractivity (Wildman–Crippen MR) is 144 cm³/mol. The molecule has 4 rings (SSSR count). The van der Waals surface area contributed by atoms with E-state index in [9.17, 15) is 4.79 Å². The van der Waals surface area contributed by atoms with Crippen LogP contribution in [-0.2, 0) is 4.79 Å². The number of rotatable bonds is 9. The minimum atomic E-state index is -0.0173. The zero-order chi connectivity index (χ0) is 24.1. The van der Waals surface area contributed by atoms with Crippen LogP contribution in [0.3, 0.4) is 0 Å². The van der Waals surface area contributed by atoms with E-state index >= 15 is 0 Å². The predicted octanol–water partition coefficient (Wildman–Crippen LogP) is 6.64. The van der Waals surface area contributed by atoms with Crippen LogP contribution < -0.4 is 4.74 Å². The highest BCUT2D eigenvalue weighted by Gasteiger charge is 2.32. The molecule has 5 nitrogen and oxygen atoms in total. The average molecular weight is 492 g/mol. The molecule has 0 bridgehead atoms. The summed E-state index contributed by atoms with van der Waals surface area (Å²) in [5, 5.41) is 4.91. The van der Waals surface area contributed by atoms with Gasteiger partial charge in [0, 0.05) is 23.9 Å². The first-order chi connectivity index (χ1) is 16.5. The largest absolute Gasteiger partial charge is 0.497 e. The van der Waals surface area contributed by atoms with E-state index in [1.807, 2.05) is 72.4 Å². The highest BCUT2D eigenvalue weighted by Crippen LogP contribution is 2.36. The Morgan fingerprint density at radius 3 is 2.62 bits per heavy atom. The molecule has 2 heterocycles. The van der Waals surface area contributed by atoms with Gasteiger partial charge < -0.3 is 4.74 Å². The van der Waals surface area contributed by atoms with Gasteiger partial charge in [0.05, 0.1) is 17.7 Å². The van der Waals surface area contributed by atoms with Gasteiger partial charge in [-0.3, -0.25) is 9.69 Å². The number of carbonyl (C=O) groups excluding carboxylic acids is 1. The fourth-order valence-corrected chi connectivity index (χ4v) is 5.27.